The summed E-state index contributed by atoms with van der Waals surface area (Å²) in [6.45, 7) is 6.68. The van der Waals surface area contributed by atoms with E-state index in [1.165, 1.54) is 5.56 Å². The van der Waals surface area contributed by atoms with Crippen molar-refractivity contribution in [1.82, 2.24) is 9.80 Å². The fraction of sp³-hybridized carbons (Fsp3) is 0.381. The average molecular weight is 355 g/mol. The summed E-state index contributed by atoms with van der Waals surface area (Å²) in [5, 5.41) is -0.0388. The fourth-order valence-electron chi connectivity index (χ4n) is 3.20. The van der Waals surface area contributed by atoms with E-state index in [0.717, 1.165) is 44.0 Å². The van der Waals surface area contributed by atoms with E-state index >= 15 is 0 Å². The number of hydrogen-bond acceptors (Lipinski definition) is 3. The molecule has 2 aromatic carbocycles. The monoisotopic (exact) mass is 354 g/mol. The number of thioether (sulfide) groups is 1. The van der Waals surface area contributed by atoms with Crippen molar-refractivity contribution in [2.24, 2.45) is 0 Å². The molecule has 25 heavy (non-hydrogen) atoms. The highest BCUT2D eigenvalue weighted by Crippen LogP contribution is 2.24. The van der Waals surface area contributed by atoms with E-state index in [2.05, 4.69) is 47.4 Å². The lowest BCUT2D eigenvalue weighted by molar-refractivity contribution is -0.130. The minimum atomic E-state index is -0.0388. The maximum absolute atomic E-state index is 12.8. The Labute approximate surface area is 155 Å². The Bertz CT molecular complexity index is 662. The van der Waals surface area contributed by atoms with Crippen molar-refractivity contribution in [3.05, 3.63) is 66.2 Å². The molecule has 1 aliphatic rings. The molecule has 2 aromatic rings. The summed E-state index contributed by atoms with van der Waals surface area (Å²) in [5.41, 5.74) is 1.34. The van der Waals surface area contributed by atoms with Gasteiger partial charge in [-0.25, -0.2) is 0 Å². The van der Waals surface area contributed by atoms with Crippen LogP contribution in [0.25, 0.3) is 0 Å². The molecule has 0 radical (unpaired) electrons. The van der Waals surface area contributed by atoms with Gasteiger partial charge in [-0.1, -0.05) is 48.5 Å². The van der Waals surface area contributed by atoms with Crippen molar-refractivity contribution in [3.63, 3.8) is 0 Å². The Balaban J connectivity index is 1.52. The molecule has 1 aliphatic heterocycles. The second kappa shape index (κ2) is 9.07. The van der Waals surface area contributed by atoms with Gasteiger partial charge in [-0.15, -0.1) is 11.8 Å². The third-order valence-electron chi connectivity index (χ3n) is 4.55. The quantitative estimate of drug-likeness (QED) is 0.761. The summed E-state index contributed by atoms with van der Waals surface area (Å²) in [5.74, 6) is 0.260. The number of rotatable bonds is 5. The largest absolute Gasteiger partial charge is 0.340 e. The van der Waals surface area contributed by atoms with Gasteiger partial charge in [-0.3, -0.25) is 9.69 Å². The first kappa shape index (κ1) is 18.0. The maximum Gasteiger partial charge on any atom is 0.235 e. The van der Waals surface area contributed by atoms with Gasteiger partial charge in [0.15, 0.2) is 0 Å². The molecule has 1 atom stereocenters. The standard InChI is InChI=1S/C21H26N2OS/c1-18(25-20-11-6-3-7-12-20)21(24)23-14-8-13-22(15-16-23)17-19-9-4-2-5-10-19/h2-7,9-12,18H,8,13-17H2,1H3. The molecule has 0 spiro atoms. The third-order valence-corrected chi connectivity index (χ3v) is 5.65. The molecule has 1 amide bonds. The lowest BCUT2D eigenvalue weighted by atomic mass is 10.2. The molecular formula is C21H26N2OS. The number of carbonyl (C=O) groups excluding carboxylic acids is 1. The van der Waals surface area contributed by atoms with Crippen LogP contribution in [0.2, 0.25) is 0 Å². The lowest BCUT2D eigenvalue weighted by Gasteiger charge is -2.24. The molecule has 132 valence electrons. The summed E-state index contributed by atoms with van der Waals surface area (Å²) in [7, 11) is 0. The fourth-order valence-corrected chi connectivity index (χ4v) is 4.17. The van der Waals surface area contributed by atoms with Crippen LogP contribution in [0, 0.1) is 0 Å². The van der Waals surface area contributed by atoms with Crippen molar-refractivity contribution in [1.29, 1.82) is 0 Å². The van der Waals surface area contributed by atoms with E-state index in [4.69, 9.17) is 0 Å². The van der Waals surface area contributed by atoms with Crippen LogP contribution in [0.15, 0.2) is 65.6 Å². The molecule has 1 fully saturated rings. The Morgan fingerprint density at radius 2 is 1.64 bits per heavy atom. The summed E-state index contributed by atoms with van der Waals surface area (Å²) in [6.07, 6.45) is 1.04. The van der Waals surface area contributed by atoms with Crippen LogP contribution in [-0.2, 0) is 11.3 Å². The lowest BCUT2D eigenvalue weighted by Crippen LogP contribution is -2.39. The van der Waals surface area contributed by atoms with Gasteiger partial charge in [-0.2, -0.15) is 0 Å². The molecule has 3 nitrogen and oxygen atoms in total. The number of benzene rings is 2. The smallest absolute Gasteiger partial charge is 0.235 e. The second-order valence-electron chi connectivity index (χ2n) is 6.51. The van der Waals surface area contributed by atoms with Crippen LogP contribution in [0.5, 0.6) is 0 Å². The SMILES string of the molecule is CC(Sc1ccccc1)C(=O)N1CCCN(Cc2ccccc2)CC1. The van der Waals surface area contributed by atoms with Crippen molar-refractivity contribution in [2.45, 2.75) is 30.0 Å². The molecule has 0 bridgehead atoms. The zero-order valence-electron chi connectivity index (χ0n) is 14.8. The summed E-state index contributed by atoms with van der Waals surface area (Å²) < 4.78 is 0. The van der Waals surface area contributed by atoms with Crippen LogP contribution < -0.4 is 0 Å². The number of amides is 1. The first-order valence-corrected chi connectivity index (χ1v) is 9.87. The van der Waals surface area contributed by atoms with Gasteiger partial charge >= 0.3 is 0 Å². The van der Waals surface area contributed by atoms with Crippen LogP contribution in [0.1, 0.15) is 18.9 Å². The molecule has 0 aromatic heterocycles. The summed E-state index contributed by atoms with van der Waals surface area (Å²) in [6, 6.07) is 20.8. The number of nitrogens with zero attached hydrogens (tertiary/aromatic N) is 2. The van der Waals surface area contributed by atoms with Crippen molar-refractivity contribution >= 4 is 17.7 Å². The van der Waals surface area contributed by atoms with E-state index in [1.807, 2.05) is 30.0 Å². The first-order valence-electron chi connectivity index (χ1n) is 8.99. The topological polar surface area (TPSA) is 23.6 Å². The minimum absolute atomic E-state index is 0.0388. The second-order valence-corrected chi connectivity index (χ2v) is 7.93. The van der Waals surface area contributed by atoms with Gasteiger partial charge in [0.05, 0.1) is 5.25 Å². The van der Waals surface area contributed by atoms with Gasteiger partial charge in [0.1, 0.15) is 0 Å². The van der Waals surface area contributed by atoms with Gasteiger partial charge in [0.25, 0.3) is 0 Å². The molecule has 3 rings (SSSR count). The van der Waals surface area contributed by atoms with Crippen LogP contribution >= 0.6 is 11.8 Å². The zero-order chi connectivity index (χ0) is 17.5. The van der Waals surface area contributed by atoms with Gasteiger partial charge in [0, 0.05) is 37.6 Å². The van der Waals surface area contributed by atoms with Crippen LogP contribution in [0.3, 0.4) is 0 Å². The summed E-state index contributed by atoms with van der Waals surface area (Å²) in [4.78, 5) is 18.5. The molecular weight excluding hydrogens is 328 g/mol. The highest BCUT2D eigenvalue weighted by atomic mass is 32.2. The third kappa shape index (κ3) is 5.35. The number of hydrogen-bond donors (Lipinski definition) is 0. The average Bonchev–Trinajstić information content (AvgIpc) is 2.88. The predicted octanol–water partition coefficient (Wildman–Crippen LogP) is 3.90. The van der Waals surface area contributed by atoms with Gasteiger partial charge < -0.3 is 4.90 Å². The van der Waals surface area contributed by atoms with E-state index < -0.39 is 0 Å². The predicted molar refractivity (Wildman–Crippen MR) is 105 cm³/mol. The van der Waals surface area contributed by atoms with Crippen molar-refractivity contribution in [3.8, 4) is 0 Å². The van der Waals surface area contributed by atoms with Gasteiger partial charge in [0.2, 0.25) is 5.91 Å². The van der Waals surface area contributed by atoms with E-state index in [0.29, 0.717) is 0 Å². The minimum Gasteiger partial charge on any atom is -0.340 e. The van der Waals surface area contributed by atoms with Gasteiger partial charge in [-0.05, 0) is 31.0 Å². The molecule has 0 N–H and O–H groups in total. The highest BCUT2D eigenvalue weighted by molar-refractivity contribution is 8.00. The van der Waals surface area contributed by atoms with Crippen molar-refractivity contribution < 1.29 is 4.79 Å². The highest BCUT2D eigenvalue weighted by Gasteiger charge is 2.24. The maximum atomic E-state index is 12.8. The van der Waals surface area contributed by atoms with E-state index in [1.54, 1.807) is 11.8 Å². The Kier molecular flexibility index (Phi) is 6.54. The van der Waals surface area contributed by atoms with E-state index in [-0.39, 0.29) is 11.2 Å². The summed E-state index contributed by atoms with van der Waals surface area (Å²) >= 11 is 1.65. The first-order chi connectivity index (χ1) is 12.2. The molecule has 0 saturated carbocycles. The molecule has 0 aliphatic carbocycles. The van der Waals surface area contributed by atoms with Crippen molar-refractivity contribution in [2.75, 3.05) is 26.2 Å². The van der Waals surface area contributed by atoms with Crippen LogP contribution in [0.4, 0.5) is 0 Å². The molecule has 1 saturated heterocycles. The molecule has 1 unspecified atom stereocenters. The van der Waals surface area contributed by atoms with Crippen LogP contribution in [-0.4, -0.2) is 47.1 Å². The van der Waals surface area contributed by atoms with E-state index in [9.17, 15) is 4.79 Å². The zero-order valence-corrected chi connectivity index (χ0v) is 15.6. The molecule has 4 heteroatoms. The number of carbonyl (C=O) groups is 1. The Hall–Kier alpha value is -1.78. The Morgan fingerprint density at radius 3 is 2.36 bits per heavy atom. The normalized spacial score (nSPS) is 17.1. The molecule has 1 heterocycles. The Morgan fingerprint density at radius 1 is 0.960 bits per heavy atom.